The van der Waals surface area contributed by atoms with E-state index >= 15 is 0 Å². The summed E-state index contributed by atoms with van der Waals surface area (Å²) in [6, 6.07) is 12.7. The first-order valence-electron chi connectivity index (χ1n) is 9.39. The monoisotopic (exact) mass is 385 g/mol. The normalized spacial score (nSPS) is 15.9. The van der Waals surface area contributed by atoms with Gasteiger partial charge in [-0.3, -0.25) is 14.9 Å². The zero-order valence-corrected chi connectivity index (χ0v) is 16.0. The number of carbonyl (C=O) groups is 1. The molecule has 1 amide bonds. The van der Waals surface area contributed by atoms with Crippen LogP contribution in [0.1, 0.15) is 31.4 Å². The van der Waals surface area contributed by atoms with Crippen molar-refractivity contribution in [2.24, 2.45) is 5.92 Å². The number of hydrogen-bond donors (Lipinski definition) is 0. The minimum Gasteiger partial charge on any atom is -0.366 e. The summed E-state index contributed by atoms with van der Waals surface area (Å²) in [7, 11) is 1.77. The van der Waals surface area contributed by atoms with E-state index in [1.54, 1.807) is 42.3 Å². The van der Waals surface area contributed by atoms with Crippen LogP contribution in [0.15, 0.2) is 48.5 Å². The molecule has 0 aromatic heterocycles. The summed E-state index contributed by atoms with van der Waals surface area (Å²) in [5.74, 6) is -0.363. The Morgan fingerprint density at radius 1 is 1.18 bits per heavy atom. The molecular weight excluding hydrogens is 361 g/mol. The Morgan fingerprint density at radius 2 is 1.79 bits per heavy atom. The second-order valence-electron chi connectivity index (χ2n) is 7.18. The van der Waals surface area contributed by atoms with Gasteiger partial charge in [-0.15, -0.1) is 0 Å². The van der Waals surface area contributed by atoms with E-state index in [-0.39, 0.29) is 34.3 Å². The van der Waals surface area contributed by atoms with Crippen molar-refractivity contribution in [3.8, 4) is 0 Å². The highest BCUT2D eigenvalue weighted by Crippen LogP contribution is 2.32. The molecular formula is C21H24FN3O3. The molecule has 0 bridgehead atoms. The molecule has 0 radical (unpaired) electrons. The molecule has 0 saturated carbocycles. The van der Waals surface area contributed by atoms with E-state index in [9.17, 15) is 19.3 Å². The SMILES string of the molecule is C[C@H](c1ccc(F)cc1)N(C)C(=O)C1CCN(c2ccccc2[N+](=O)[O-])CC1. The number of nitro benzene ring substituents is 1. The molecule has 1 fully saturated rings. The Morgan fingerprint density at radius 3 is 2.39 bits per heavy atom. The predicted octanol–water partition coefficient (Wildman–Crippen LogP) is 4.17. The smallest absolute Gasteiger partial charge is 0.292 e. The van der Waals surface area contributed by atoms with E-state index in [1.807, 2.05) is 11.8 Å². The van der Waals surface area contributed by atoms with Gasteiger partial charge < -0.3 is 9.80 Å². The molecule has 1 saturated heterocycles. The third-order valence-corrected chi connectivity index (χ3v) is 5.54. The molecule has 2 aromatic rings. The lowest BCUT2D eigenvalue weighted by Crippen LogP contribution is -2.42. The Kier molecular flexibility index (Phi) is 5.92. The maximum Gasteiger partial charge on any atom is 0.292 e. The molecule has 1 aliphatic heterocycles. The van der Waals surface area contributed by atoms with E-state index in [1.165, 1.54) is 18.2 Å². The fourth-order valence-corrected chi connectivity index (χ4v) is 3.70. The largest absolute Gasteiger partial charge is 0.366 e. The molecule has 3 rings (SSSR count). The van der Waals surface area contributed by atoms with E-state index in [4.69, 9.17) is 0 Å². The predicted molar refractivity (Wildman–Crippen MR) is 106 cm³/mol. The topological polar surface area (TPSA) is 66.7 Å². The maximum atomic E-state index is 13.1. The van der Waals surface area contributed by atoms with Crippen LogP contribution in [-0.2, 0) is 4.79 Å². The molecule has 0 spiro atoms. The van der Waals surface area contributed by atoms with Crippen molar-refractivity contribution in [2.75, 3.05) is 25.0 Å². The van der Waals surface area contributed by atoms with Gasteiger partial charge in [0, 0.05) is 32.1 Å². The van der Waals surface area contributed by atoms with Gasteiger partial charge in [-0.1, -0.05) is 24.3 Å². The Balaban J connectivity index is 1.63. The number of rotatable bonds is 5. The van der Waals surface area contributed by atoms with Crippen molar-refractivity contribution in [2.45, 2.75) is 25.8 Å². The zero-order chi connectivity index (χ0) is 20.3. The number of hydrogen-bond acceptors (Lipinski definition) is 4. The van der Waals surface area contributed by atoms with E-state index in [0.29, 0.717) is 31.6 Å². The number of anilines is 1. The summed E-state index contributed by atoms with van der Waals surface area (Å²) >= 11 is 0. The van der Waals surface area contributed by atoms with Crippen molar-refractivity contribution in [3.05, 3.63) is 70.0 Å². The average Bonchev–Trinajstić information content (AvgIpc) is 2.73. The minimum atomic E-state index is -0.370. The van der Waals surface area contributed by atoms with Crippen LogP contribution in [0.2, 0.25) is 0 Å². The zero-order valence-electron chi connectivity index (χ0n) is 16.0. The number of benzene rings is 2. The van der Waals surface area contributed by atoms with Crippen LogP contribution >= 0.6 is 0 Å². The number of amides is 1. The fourth-order valence-electron chi connectivity index (χ4n) is 3.70. The Labute approximate surface area is 163 Å². The maximum absolute atomic E-state index is 13.1. The highest BCUT2D eigenvalue weighted by molar-refractivity contribution is 5.79. The van der Waals surface area contributed by atoms with Crippen LogP contribution in [-0.4, -0.2) is 35.9 Å². The van der Waals surface area contributed by atoms with Gasteiger partial charge >= 0.3 is 0 Å². The lowest BCUT2D eigenvalue weighted by Gasteiger charge is -2.35. The van der Waals surface area contributed by atoms with Crippen LogP contribution in [0.3, 0.4) is 0 Å². The highest BCUT2D eigenvalue weighted by atomic mass is 19.1. The van der Waals surface area contributed by atoms with Crippen LogP contribution in [0.5, 0.6) is 0 Å². The van der Waals surface area contributed by atoms with Gasteiger partial charge in [0.15, 0.2) is 0 Å². The van der Waals surface area contributed by atoms with Gasteiger partial charge in [0.05, 0.1) is 11.0 Å². The average molecular weight is 385 g/mol. The molecule has 0 unspecified atom stereocenters. The number of para-hydroxylation sites is 2. The molecule has 0 aliphatic carbocycles. The molecule has 0 N–H and O–H groups in total. The number of nitrogens with zero attached hydrogens (tertiary/aromatic N) is 3. The summed E-state index contributed by atoms with van der Waals surface area (Å²) in [6.45, 7) is 3.12. The first kappa shape index (κ1) is 19.8. The van der Waals surface area contributed by atoms with Gasteiger partial charge in [0.1, 0.15) is 11.5 Å². The van der Waals surface area contributed by atoms with Gasteiger partial charge in [-0.2, -0.15) is 0 Å². The summed E-state index contributed by atoms with van der Waals surface area (Å²) in [5.41, 5.74) is 1.58. The van der Waals surface area contributed by atoms with Gasteiger partial charge in [0.2, 0.25) is 5.91 Å². The lowest BCUT2D eigenvalue weighted by molar-refractivity contribution is -0.384. The highest BCUT2D eigenvalue weighted by Gasteiger charge is 2.31. The summed E-state index contributed by atoms with van der Waals surface area (Å²) in [4.78, 5) is 27.5. The van der Waals surface area contributed by atoms with Crippen LogP contribution < -0.4 is 4.90 Å². The van der Waals surface area contributed by atoms with Crippen molar-refractivity contribution < 1.29 is 14.1 Å². The van der Waals surface area contributed by atoms with Crippen LogP contribution in [0.25, 0.3) is 0 Å². The van der Waals surface area contributed by atoms with Crippen LogP contribution in [0.4, 0.5) is 15.8 Å². The van der Waals surface area contributed by atoms with Crippen molar-refractivity contribution >= 4 is 17.3 Å². The molecule has 6 nitrogen and oxygen atoms in total. The second-order valence-corrected chi connectivity index (χ2v) is 7.18. The lowest BCUT2D eigenvalue weighted by atomic mass is 9.93. The quantitative estimate of drug-likeness (QED) is 0.572. The standard InChI is InChI=1S/C21H24FN3O3/c1-15(16-7-9-18(22)10-8-16)23(2)21(26)17-11-13-24(14-12-17)19-5-3-4-6-20(19)25(27)28/h3-10,15,17H,11-14H2,1-2H3/t15-/m1/s1. The first-order chi connectivity index (χ1) is 13.4. The molecule has 28 heavy (non-hydrogen) atoms. The van der Waals surface area contributed by atoms with Gasteiger partial charge in [-0.05, 0) is 43.5 Å². The summed E-state index contributed by atoms with van der Waals surface area (Å²) < 4.78 is 13.1. The summed E-state index contributed by atoms with van der Waals surface area (Å²) in [5, 5.41) is 11.3. The van der Waals surface area contributed by atoms with E-state index in [0.717, 1.165) is 5.56 Å². The third kappa shape index (κ3) is 4.13. The number of carbonyl (C=O) groups excluding carboxylic acids is 1. The van der Waals surface area contributed by atoms with Gasteiger partial charge in [0.25, 0.3) is 5.69 Å². The molecule has 1 atom stereocenters. The van der Waals surface area contributed by atoms with Crippen LogP contribution in [0, 0.1) is 21.8 Å². The molecule has 2 aromatic carbocycles. The van der Waals surface area contributed by atoms with Gasteiger partial charge in [-0.25, -0.2) is 4.39 Å². The number of nitro groups is 1. The Bertz CT molecular complexity index is 848. The van der Waals surface area contributed by atoms with Crippen molar-refractivity contribution in [1.82, 2.24) is 4.90 Å². The molecule has 1 aliphatic rings. The molecule has 1 heterocycles. The minimum absolute atomic E-state index is 0.0547. The first-order valence-corrected chi connectivity index (χ1v) is 9.39. The summed E-state index contributed by atoms with van der Waals surface area (Å²) in [6.07, 6.45) is 1.29. The molecule has 7 heteroatoms. The molecule has 148 valence electrons. The third-order valence-electron chi connectivity index (χ3n) is 5.54. The fraction of sp³-hybridized carbons (Fsp3) is 0.381. The van der Waals surface area contributed by atoms with Crippen molar-refractivity contribution in [3.63, 3.8) is 0 Å². The van der Waals surface area contributed by atoms with E-state index < -0.39 is 0 Å². The second kappa shape index (κ2) is 8.37. The Hall–Kier alpha value is -2.96. The van der Waals surface area contributed by atoms with Crippen molar-refractivity contribution in [1.29, 1.82) is 0 Å². The number of halogens is 1. The number of piperidine rings is 1. The van der Waals surface area contributed by atoms with E-state index in [2.05, 4.69) is 0 Å².